The van der Waals surface area contributed by atoms with Crippen LogP contribution in [-0.4, -0.2) is 21.8 Å². The highest BCUT2D eigenvalue weighted by molar-refractivity contribution is 5.94. The second-order valence-electron chi connectivity index (χ2n) is 9.02. The molecule has 0 radical (unpaired) electrons. The van der Waals surface area contributed by atoms with Gasteiger partial charge in [0.1, 0.15) is 0 Å². The highest BCUT2D eigenvalue weighted by Gasteiger charge is 2.22. The molecule has 1 aromatic heterocycles. The van der Waals surface area contributed by atoms with E-state index in [1.165, 1.54) is 5.56 Å². The van der Waals surface area contributed by atoms with Crippen molar-refractivity contribution in [2.75, 3.05) is 0 Å². The maximum absolute atomic E-state index is 13.2. The minimum absolute atomic E-state index is 0.0302. The molecule has 0 spiro atoms. The molecule has 4 nitrogen and oxygen atoms in total. The van der Waals surface area contributed by atoms with Gasteiger partial charge in [0.2, 0.25) is 0 Å². The fraction of sp³-hybridized carbons (Fsp3) is 0.360. The van der Waals surface area contributed by atoms with Crippen LogP contribution in [0.1, 0.15) is 61.7 Å². The zero-order chi connectivity index (χ0) is 21.3. The van der Waals surface area contributed by atoms with Crippen molar-refractivity contribution in [3.63, 3.8) is 0 Å². The summed E-state index contributed by atoms with van der Waals surface area (Å²) in [5.74, 6) is -0.0656. The molecule has 1 heterocycles. The third-order valence-electron chi connectivity index (χ3n) is 5.39. The van der Waals surface area contributed by atoms with E-state index in [9.17, 15) is 9.59 Å². The van der Waals surface area contributed by atoms with Crippen molar-refractivity contribution < 1.29 is 4.79 Å². The molecular formula is C25H30N2O2. The number of rotatable bonds is 4. The van der Waals surface area contributed by atoms with Crippen LogP contribution < -0.4 is 5.56 Å². The fourth-order valence-electron chi connectivity index (χ4n) is 3.50. The Morgan fingerprint density at radius 3 is 2.31 bits per heavy atom. The number of carbonyl (C=O) groups is 1. The van der Waals surface area contributed by atoms with Gasteiger partial charge in [-0.1, -0.05) is 51.1 Å². The number of para-hydroxylation sites is 1. The summed E-state index contributed by atoms with van der Waals surface area (Å²) in [5.41, 5.74) is 4.19. The monoisotopic (exact) mass is 390 g/mol. The lowest BCUT2D eigenvalue weighted by atomic mass is 9.86. The molecule has 0 aliphatic rings. The molecule has 2 aromatic carbocycles. The minimum Gasteiger partial charge on any atom is -0.332 e. The normalized spacial score (nSPS) is 11.8. The van der Waals surface area contributed by atoms with Crippen molar-refractivity contribution in [3.8, 4) is 0 Å². The molecule has 0 saturated carbocycles. The van der Waals surface area contributed by atoms with Gasteiger partial charge in [-0.2, -0.15) is 0 Å². The summed E-state index contributed by atoms with van der Waals surface area (Å²) in [6.45, 7) is 12.6. The van der Waals surface area contributed by atoms with E-state index in [-0.39, 0.29) is 29.5 Å². The highest BCUT2D eigenvalue weighted by atomic mass is 16.2. The summed E-state index contributed by atoms with van der Waals surface area (Å²) in [4.78, 5) is 30.6. The third-order valence-corrected chi connectivity index (χ3v) is 5.39. The summed E-state index contributed by atoms with van der Waals surface area (Å²) < 4.78 is 0. The number of hydrogen-bond acceptors (Lipinski definition) is 2. The van der Waals surface area contributed by atoms with Crippen molar-refractivity contribution >= 4 is 16.8 Å². The number of H-pyrrole nitrogens is 1. The van der Waals surface area contributed by atoms with Gasteiger partial charge in [0.15, 0.2) is 0 Å². The second kappa shape index (κ2) is 7.86. The quantitative estimate of drug-likeness (QED) is 0.667. The number of pyridine rings is 1. The van der Waals surface area contributed by atoms with Crippen LogP contribution in [0.5, 0.6) is 0 Å². The zero-order valence-electron chi connectivity index (χ0n) is 18.2. The van der Waals surface area contributed by atoms with Crippen molar-refractivity contribution in [3.05, 3.63) is 81.1 Å². The van der Waals surface area contributed by atoms with Gasteiger partial charge in [0, 0.05) is 17.2 Å². The fourth-order valence-corrected chi connectivity index (χ4v) is 3.50. The van der Waals surface area contributed by atoms with Crippen molar-refractivity contribution in [1.29, 1.82) is 0 Å². The molecule has 0 fully saturated rings. The molecule has 0 aliphatic heterocycles. The molecule has 29 heavy (non-hydrogen) atoms. The summed E-state index contributed by atoms with van der Waals surface area (Å²) in [6, 6.07) is 15.6. The molecule has 3 rings (SSSR count). The van der Waals surface area contributed by atoms with E-state index < -0.39 is 0 Å². The number of amides is 1. The lowest BCUT2D eigenvalue weighted by Gasteiger charge is -2.27. The molecule has 0 aliphatic carbocycles. The molecular weight excluding hydrogens is 360 g/mol. The van der Waals surface area contributed by atoms with Crippen LogP contribution in [0, 0.1) is 6.92 Å². The first-order chi connectivity index (χ1) is 13.6. The standard InChI is InChI=1S/C25H30N2O2/c1-16(2)27(24(29)18-10-12-21(13-11-18)25(4,5)6)15-20-14-19-9-7-8-17(3)22(19)26-23(20)28/h7-14,16H,15H2,1-6H3,(H,26,28). The second-order valence-corrected chi connectivity index (χ2v) is 9.02. The SMILES string of the molecule is Cc1cccc2cc(CN(C(=O)c3ccc(C(C)(C)C)cc3)C(C)C)c(=O)[nH]c12. The summed E-state index contributed by atoms with van der Waals surface area (Å²) in [7, 11) is 0. The Hall–Kier alpha value is -2.88. The van der Waals surface area contributed by atoms with Crippen molar-refractivity contribution in [2.24, 2.45) is 0 Å². The van der Waals surface area contributed by atoms with Crippen molar-refractivity contribution in [1.82, 2.24) is 9.88 Å². The Morgan fingerprint density at radius 2 is 1.72 bits per heavy atom. The number of aromatic nitrogens is 1. The molecule has 0 bridgehead atoms. The van der Waals surface area contributed by atoms with E-state index in [2.05, 4.69) is 25.8 Å². The van der Waals surface area contributed by atoms with Gasteiger partial charge in [-0.25, -0.2) is 0 Å². The lowest BCUT2D eigenvalue weighted by molar-refractivity contribution is 0.0689. The predicted molar refractivity (Wildman–Crippen MR) is 119 cm³/mol. The zero-order valence-corrected chi connectivity index (χ0v) is 18.2. The topological polar surface area (TPSA) is 53.2 Å². The van der Waals surface area contributed by atoms with Crippen LogP contribution in [0.15, 0.2) is 53.3 Å². The molecule has 3 aromatic rings. The minimum atomic E-state index is -0.145. The van der Waals surface area contributed by atoms with E-state index in [0.29, 0.717) is 11.1 Å². The number of carbonyl (C=O) groups excluding carboxylic acids is 1. The van der Waals surface area contributed by atoms with E-state index >= 15 is 0 Å². The van der Waals surface area contributed by atoms with Gasteiger partial charge in [-0.3, -0.25) is 9.59 Å². The number of aromatic amines is 1. The van der Waals surface area contributed by atoms with Crippen LogP contribution >= 0.6 is 0 Å². The smallest absolute Gasteiger partial charge is 0.254 e. The van der Waals surface area contributed by atoms with E-state index in [1.54, 1.807) is 4.90 Å². The predicted octanol–water partition coefficient (Wildman–Crippen LogP) is 5.18. The van der Waals surface area contributed by atoms with E-state index in [0.717, 1.165) is 16.5 Å². The summed E-state index contributed by atoms with van der Waals surface area (Å²) in [5, 5.41) is 0.977. The van der Waals surface area contributed by atoms with Gasteiger partial charge in [0.25, 0.3) is 11.5 Å². The number of hydrogen-bond donors (Lipinski definition) is 1. The van der Waals surface area contributed by atoms with Crippen LogP contribution in [0.25, 0.3) is 10.9 Å². The van der Waals surface area contributed by atoms with Crippen LogP contribution in [0.3, 0.4) is 0 Å². The third kappa shape index (κ3) is 4.42. The number of nitrogens with one attached hydrogen (secondary N) is 1. The number of fused-ring (bicyclic) bond motifs is 1. The first kappa shape index (κ1) is 20.8. The Morgan fingerprint density at radius 1 is 1.07 bits per heavy atom. The molecule has 0 unspecified atom stereocenters. The molecule has 152 valence electrons. The first-order valence-corrected chi connectivity index (χ1v) is 10.1. The van der Waals surface area contributed by atoms with Gasteiger partial charge < -0.3 is 9.88 Å². The number of nitrogens with zero attached hydrogens (tertiary/aromatic N) is 1. The molecule has 1 N–H and O–H groups in total. The van der Waals surface area contributed by atoms with E-state index in [1.807, 2.05) is 69.3 Å². The summed E-state index contributed by atoms with van der Waals surface area (Å²) >= 11 is 0. The van der Waals surface area contributed by atoms with Gasteiger partial charge in [0.05, 0.1) is 12.1 Å². The van der Waals surface area contributed by atoms with Gasteiger partial charge in [-0.15, -0.1) is 0 Å². The Balaban J connectivity index is 1.93. The van der Waals surface area contributed by atoms with Gasteiger partial charge in [-0.05, 0) is 60.9 Å². The summed E-state index contributed by atoms with van der Waals surface area (Å²) in [6.07, 6.45) is 0. The molecule has 0 atom stereocenters. The Labute approximate surface area is 172 Å². The number of aryl methyl sites for hydroxylation is 1. The van der Waals surface area contributed by atoms with E-state index in [4.69, 9.17) is 0 Å². The van der Waals surface area contributed by atoms with Crippen LogP contribution in [-0.2, 0) is 12.0 Å². The number of benzene rings is 2. The molecule has 0 saturated heterocycles. The first-order valence-electron chi connectivity index (χ1n) is 10.1. The molecule has 1 amide bonds. The van der Waals surface area contributed by atoms with Crippen molar-refractivity contribution in [2.45, 2.75) is 59.5 Å². The average molecular weight is 391 g/mol. The maximum Gasteiger partial charge on any atom is 0.254 e. The van der Waals surface area contributed by atoms with Crippen LogP contribution in [0.4, 0.5) is 0 Å². The highest BCUT2D eigenvalue weighted by Crippen LogP contribution is 2.23. The van der Waals surface area contributed by atoms with Gasteiger partial charge >= 0.3 is 0 Å². The lowest BCUT2D eigenvalue weighted by Crippen LogP contribution is -2.38. The largest absolute Gasteiger partial charge is 0.332 e. The maximum atomic E-state index is 13.2. The Kier molecular flexibility index (Phi) is 5.65. The Bertz CT molecular complexity index is 1090. The average Bonchev–Trinajstić information content (AvgIpc) is 2.66. The van der Waals surface area contributed by atoms with Crippen LogP contribution in [0.2, 0.25) is 0 Å². The molecule has 4 heteroatoms.